The third kappa shape index (κ3) is 3.81. The molecule has 0 aromatic rings. The van der Waals surface area contributed by atoms with Gasteiger partial charge in [-0.25, -0.2) is 0 Å². The molecule has 1 unspecified atom stereocenters. The summed E-state index contributed by atoms with van der Waals surface area (Å²) in [5, 5.41) is 11.3. The first-order valence-electron chi connectivity index (χ1n) is 5.78. The van der Waals surface area contributed by atoms with Crippen LogP contribution >= 0.6 is 0 Å². The predicted octanol–water partition coefficient (Wildman–Crippen LogP) is 0.483. The first kappa shape index (κ1) is 13.0. The Hall–Kier alpha value is -1.10. The number of carboxylic acids is 1. The third-order valence-corrected chi connectivity index (χ3v) is 3.21. The van der Waals surface area contributed by atoms with Gasteiger partial charge in [-0.1, -0.05) is 12.8 Å². The molecule has 5 heteroatoms. The Balaban J connectivity index is 2.34. The molecule has 0 aliphatic heterocycles. The number of aliphatic carboxylic acids is 1. The molecule has 1 fully saturated rings. The average Bonchev–Trinajstić information content (AvgIpc) is 2.68. The maximum absolute atomic E-state index is 11.5. The summed E-state index contributed by atoms with van der Waals surface area (Å²) in [6, 6.07) is -0.851. The van der Waals surface area contributed by atoms with Crippen molar-refractivity contribution in [2.45, 2.75) is 51.1 Å². The lowest BCUT2D eigenvalue weighted by Gasteiger charge is -2.21. The Morgan fingerprint density at radius 2 is 2.00 bits per heavy atom. The van der Waals surface area contributed by atoms with Crippen LogP contribution in [0.15, 0.2) is 0 Å². The van der Waals surface area contributed by atoms with Crippen molar-refractivity contribution >= 4 is 11.9 Å². The smallest absolute Gasteiger partial charge is 0.305 e. The molecule has 5 nitrogen and oxygen atoms in total. The van der Waals surface area contributed by atoms with Crippen molar-refractivity contribution in [1.29, 1.82) is 0 Å². The lowest BCUT2D eigenvalue weighted by molar-refractivity contribution is -0.139. The highest BCUT2D eigenvalue weighted by Gasteiger charge is 2.25. The third-order valence-electron chi connectivity index (χ3n) is 3.21. The zero-order valence-electron chi connectivity index (χ0n) is 9.61. The number of nitrogens with two attached hydrogens (primary N) is 1. The van der Waals surface area contributed by atoms with Crippen molar-refractivity contribution in [3.63, 3.8) is 0 Å². The van der Waals surface area contributed by atoms with Gasteiger partial charge in [-0.3, -0.25) is 9.59 Å². The van der Waals surface area contributed by atoms with Crippen LogP contribution in [0.2, 0.25) is 0 Å². The van der Waals surface area contributed by atoms with Crippen molar-refractivity contribution in [2.24, 2.45) is 11.7 Å². The lowest BCUT2D eigenvalue weighted by Crippen LogP contribution is -2.47. The molecule has 1 amide bonds. The molecular weight excluding hydrogens is 208 g/mol. The second kappa shape index (κ2) is 5.84. The summed E-state index contributed by atoms with van der Waals surface area (Å²) in [5.41, 5.74) is 5.47. The van der Waals surface area contributed by atoms with Crippen LogP contribution in [0, 0.1) is 5.92 Å². The molecule has 0 saturated heterocycles. The van der Waals surface area contributed by atoms with Gasteiger partial charge < -0.3 is 16.2 Å². The Kier molecular flexibility index (Phi) is 4.73. The summed E-state index contributed by atoms with van der Waals surface area (Å²) >= 11 is 0. The monoisotopic (exact) mass is 228 g/mol. The number of carbonyl (C=O) groups excluding carboxylic acids is 1. The highest BCUT2D eigenvalue weighted by Crippen LogP contribution is 2.27. The standard InChI is InChI=1S/C11H20N2O3/c1-7(8-4-2-3-5-8)13-11(16)9(12)6-10(14)15/h7-9H,2-6,12H2,1H3,(H,13,16)(H,14,15)/t7-,9?/m1/s1. The van der Waals surface area contributed by atoms with Gasteiger partial charge in [0.25, 0.3) is 0 Å². The van der Waals surface area contributed by atoms with E-state index in [2.05, 4.69) is 5.32 Å². The van der Waals surface area contributed by atoms with Crippen LogP contribution in [0.3, 0.4) is 0 Å². The average molecular weight is 228 g/mol. The van der Waals surface area contributed by atoms with Crippen LogP contribution in [0.5, 0.6) is 0 Å². The first-order valence-corrected chi connectivity index (χ1v) is 5.78. The van der Waals surface area contributed by atoms with Crippen molar-refractivity contribution in [2.75, 3.05) is 0 Å². The molecule has 1 rings (SSSR count). The Bertz CT molecular complexity index is 262. The van der Waals surface area contributed by atoms with E-state index >= 15 is 0 Å². The number of amides is 1. The van der Waals surface area contributed by atoms with E-state index in [1.54, 1.807) is 0 Å². The SMILES string of the molecule is C[C@@H](NC(=O)C(N)CC(=O)O)C1CCCC1. The summed E-state index contributed by atoms with van der Waals surface area (Å²) in [6.45, 7) is 1.96. The topological polar surface area (TPSA) is 92.4 Å². The largest absolute Gasteiger partial charge is 0.481 e. The highest BCUT2D eigenvalue weighted by atomic mass is 16.4. The number of carbonyl (C=O) groups is 2. The van der Waals surface area contributed by atoms with E-state index in [0.29, 0.717) is 5.92 Å². The molecule has 0 aromatic heterocycles. The summed E-state index contributed by atoms with van der Waals surface area (Å²) < 4.78 is 0. The number of nitrogens with one attached hydrogen (secondary N) is 1. The fourth-order valence-corrected chi connectivity index (χ4v) is 2.19. The Morgan fingerprint density at radius 3 is 2.50 bits per heavy atom. The minimum atomic E-state index is -1.05. The van der Waals surface area contributed by atoms with E-state index < -0.39 is 12.0 Å². The molecule has 2 atom stereocenters. The van der Waals surface area contributed by atoms with Crippen LogP contribution in [-0.2, 0) is 9.59 Å². The van der Waals surface area contributed by atoms with Crippen LogP contribution in [-0.4, -0.2) is 29.1 Å². The van der Waals surface area contributed by atoms with Crippen LogP contribution in [0.4, 0.5) is 0 Å². The van der Waals surface area contributed by atoms with E-state index in [4.69, 9.17) is 10.8 Å². The van der Waals surface area contributed by atoms with Crippen molar-refractivity contribution < 1.29 is 14.7 Å². The van der Waals surface area contributed by atoms with Crippen LogP contribution < -0.4 is 11.1 Å². The molecule has 0 heterocycles. The molecule has 16 heavy (non-hydrogen) atoms. The van der Waals surface area contributed by atoms with Gasteiger partial charge in [0.05, 0.1) is 12.5 Å². The molecule has 4 N–H and O–H groups in total. The van der Waals surface area contributed by atoms with Crippen molar-refractivity contribution in [3.8, 4) is 0 Å². The zero-order chi connectivity index (χ0) is 12.1. The molecule has 1 aliphatic rings. The van der Waals surface area contributed by atoms with E-state index in [9.17, 15) is 9.59 Å². The Morgan fingerprint density at radius 1 is 1.44 bits per heavy atom. The molecule has 1 saturated carbocycles. The lowest BCUT2D eigenvalue weighted by atomic mass is 9.99. The van der Waals surface area contributed by atoms with Gasteiger partial charge in [0, 0.05) is 6.04 Å². The fourth-order valence-electron chi connectivity index (χ4n) is 2.19. The van der Waals surface area contributed by atoms with Gasteiger partial charge in [-0.15, -0.1) is 0 Å². The first-order chi connectivity index (χ1) is 7.50. The predicted molar refractivity (Wildman–Crippen MR) is 59.8 cm³/mol. The quantitative estimate of drug-likeness (QED) is 0.638. The van der Waals surface area contributed by atoms with Crippen molar-refractivity contribution in [3.05, 3.63) is 0 Å². The number of hydrogen-bond donors (Lipinski definition) is 3. The van der Waals surface area contributed by atoms with Gasteiger partial charge in [-0.2, -0.15) is 0 Å². The van der Waals surface area contributed by atoms with E-state index in [0.717, 1.165) is 12.8 Å². The molecule has 0 radical (unpaired) electrons. The molecule has 92 valence electrons. The van der Waals surface area contributed by atoms with E-state index in [-0.39, 0.29) is 18.4 Å². The van der Waals surface area contributed by atoms with Gasteiger partial charge in [-0.05, 0) is 25.7 Å². The number of rotatable bonds is 5. The minimum absolute atomic E-state index is 0.0924. The summed E-state index contributed by atoms with van der Waals surface area (Å²) in [4.78, 5) is 21.9. The summed E-state index contributed by atoms with van der Waals surface area (Å²) in [7, 11) is 0. The normalized spacial score (nSPS) is 20.4. The summed E-state index contributed by atoms with van der Waals surface area (Å²) in [5.74, 6) is -0.890. The second-order valence-corrected chi connectivity index (χ2v) is 4.55. The summed E-state index contributed by atoms with van der Waals surface area (Å²) in [6.07, 6.45) is 4.38. The van der Waals surface area contributed by atoms with Crippen LogP contribution in [0.25, 0.3) is 0 Å². The Labute approximate surface area is 95.4 Å². The molecular formula is C11H20N2O3. The van der Waals surface area contributed by atoms with E-state index in [1.165, 1.54) is 12.8 Å². The number of carboxylic acid groups (broad SMARTS) is 1. The van der Waals surface area contributed by atoms with Crippen LogP contribution in [0.1, 0.15) is 39.0 Å². The molecule has 0 spiro atoms. The number of hydrogen-bond acceptors (Lipinski definition) is 3. The molecule has 0 aromatic carbocycles. The minimum Gasteiger partial charge on any atom is -0.481 e. The van der Waals surface area contributed by atoms with Gasteiger partial charge in [0.15, 0.2) is 0 Å². The van der Waals surface area contributed by atoms with Gasteiger partial charge in [0.1, 0.15) is 0 Å². The maximum Gasteiger partial charge on any atom is 0.305 e. The van der Waals surface area contributed by atoms with E-state index in [1.807, 2.05) is 6.92 Å². The molecule has 1 aliphatic carbocycles. The highest BCUT2D eigenvalue weighted by molar-refractivity contribution is 5.86. The maximum atomic E-state index is 11.5. The fraction of sp³-hybridized carbons (Fsp3) is 0.818. The molecule has 0 bridgehead atoms. The zero-order valence-corrected chi connectivity index (χ0v) is 9.61. The van der Waals surface area contributed by atoms with Gasteiger partial charge in [0.2, 0.25) is 5.91 Å². The van der Waals surface area contributed by atoms with Crippen molar-refractivity contribution in [1.82, 2.24) is 5.32 Å². The van der Waals surface area contributed by atoms with Gasteiger partial charge >= 0.3 is 5.97 Å². The second-order valence-electron chi connectivity index (χ2n) is 4.55.